The highest BCUT2D eigenvalue weighted by atomic mass is 16.5. The monoisotopic (exact) mass is 281 g/mol. The molecule has 6 nitrogen and oxygen atoms in total. The lowest BCUT2D eigenvalue weighted by atomic mass is 10.1. The number of carboxylic acid groups (broad SMARTS) is 2. The molecule has 0 saturated carbocycles. The van der Waals surface area contributed by atoms with Crippen molar-refractivity contribution in [2.45, 2.75) is 19.9 Å². The van der Waals surface area contributed by atoms with Crippen LogP contribution >= 0.6 is 0 Å². The van der Waals surface area contributed by atoms with Crippen LogP contribution in [0.3, 0.4) is 0 Å². The lowest BCUT2D eigenvalue weighted by molar-refractivity contribution is -0.142. The summed E-state index contributed by atoms with van der Waals surface area (Å²) in [5, 5.41) is 18.2. The molecule has 0 spiro atoms. The minimum atomic E-state index is -1.01. The topological polar surface area (TPSA) is 87.1 Å². The summed E-state index contributed by atoms with van der Waals surface area (Å²) in [5.41, 5.74) is 0.618. The van der Waals surface area contributed by atoms with Crippen molar-refractivity contribution in [2.24, 2.45) is 5.92 Å². The van der Waals surface area contributed by atoms with E-state index in [2.05, 4.69) is 0 Å². The van der Waals surface area contributed by atoms with Crippen molar-refractivity contribution >= 4 is 17.6 Å². The molecule has 20 heavy (non-hydrogen) atoms. The van der Waals surface area contributed by atoms with E-state index < -0.39 is 23.9 Å². The summed E-state index contributed by atoms with van der Waals surface area (Å²) in [6.07, 6.45) is 0. The molecule has 0 heterocycles. The van der Waals surface area contributed by atoms with Crippen LogP contribution in [-0.2, 0) is 9.59 Å². The van der Waals surface area contributed by atoms with Gasteiger partial charge in [-0.15, -0.1) is 0 Å². The van der Waals surface area contributed by atoms with Gasteiger partial charge in [0.05, 0.1) is 13.0 Å². The second-order valence-electron chi connectivity index (χ2n) is 4.61. The number of carboxylic acids is 2. The number of rotatable bonds is 7. The predicted octanol–water partition coefficient (Wildman–Crippen LogP) is 1.70. The number of methoxy groups -OCH3 is 1. The molecular formula is C14H19NO5. The van der Waals surface area contributed by atoms with Crippen molar-refractivity contribution in [1.82, 2.24) is 0 Å². The predicted molar refractivity (Wildman–Crippen MR) is 74.2 cm³/mol. The second-order valence-corrected chi connectivity index (χ2v) is 4.61. The van der Waals surface area contributed by atoms with Crippen molar-refractivity contribution in [3.63, 3.8) is 0 Å². The summed E-state index contributed by atoms with van der Waals surface area (Å²) in [4.78, 5) is 23.7. The van der Waals surface area contributed by atoms with Crippen LogP contribution in [0.25, 0.3) is 0 Å². The van der Waals surface area contributed by atoms with Crippen molar-refractivity contribution in [3.8, 4) is 5.75 Å². The largest absolute Gasteiger partial charge is 0.497 e. The fourth-order valence-electron chi connectivity index (χ4n) is 1.78. The number of benzene rings is 1. The molecule has 1 aromatic rings. The average molecular weight is 281 g/mol. The molecule has 1 aromatic carbocycles. The Morgan fingerprint density at radius 1 is 1.25 bits per heavy atom. The lowest BCUT2D eigenvalue weighted by Gasteiger charge is -2.30. The van der Waals surface area contributed by atoms with Gasteiger partial charge in [0.2, 0.25) is 0 Å². The van der Waals surface area contributed by atoms with Gasteiger partial charge in [0.15, 0.2) is 0 Å². The molecule has 0 saturated heterocycles. The molecule has 110 valence electrons. The molecule has 2 N–H and O–H groups in total. The van der Waals surface area contributed by atoms with Crippen molar-refractivity contribution in [1.29, 1.82) is 0 Å². The third-order valence-corrected chi connectivity index (χ3v) is 3.10. The first kappa shape index (κ1) is 15.8. The first-order valence-electron chi connectivity index (χ1n) is 6.23. The maximum absolute atomic E-state index is 11.2. The van der Waals surface area contributed by atoms with Gasteiger partial charge in [-0.3, -0.25) is 4.79 Å². The summed E-state index contributed by atoms with van der Waals surface area (Å²) in [5.74, 6) is -2.06. The lowest BCUT2D eigenvalue weighted by Crippen LogP contribution is -2.43. The number of nitrogens with zero attached hydrogens (tertiary/aromatic N) is 1. The van der Waals surface area contributed by atoms with Crippen molar-refractivity contribution < 1.29 is 24.5 Å². The Kier molecular flexibility index (Phi) is 5.37. The van der Waals surface area contributed by atoms with Crippen LogP contribution in [0.1, 0.15) is 13.8 Å². The third-order valence-electron chi connectivity index (χ3n) is 3.10. The van der Waals surface area contributed by atoms with Gasteiger partial charge in [0.1, 0.15) is 11.8 Å². The Bertz CT molecular complexity index is 488. The van der Waals surface area contributed by atoms with Gasteiger partial charge in [0, 0.05) is 18.3 Å². The van der Waals surface area contributed by atoms with E-state index in [9.17, 15) is 14.7 Å². The highest BCUT2D eigenvalue weighted by molar-refractivity contribution is 5.78. The second kappa shape index (κ2) is 6.79. The minimum Gasteiger partial charge on any atom is -0.497 e. The number of carbonyl (C=O) groups is 2. The summed E-state index contributed by atoms with van der Waals surface area (Å²) in [6, 6.07) is 6.07. The first-order chi connectivity index (χ1) is 9.36. The van der Waals surface area contributed by atoms with Gasteiger partial charge in [-0.1, -0.05) is 13.0 Å². The quantitative estimate of drug-likeness (QED) is 0.791. The zero-order chi connectivity index (χ0) is 15.3. The van der Waals surface area contributed by atoms with Gasteiger partial charge in [-0.2, -0.15) is 0 Å². The number of aliphatic carboxylic acids is 2. The Morgan fingerprint density at radius 3 is 2.40 bits per heavy atom. The molecule has 0 fully saturated rings. The molecular weight excluding hydrogens is 262 g/mol. The highest BCUT2D eigenvalue weighted by Crippen LogP contribution is 2.24. The van der Waals surface area contributed by atoms with E-state index in [0.29, 0.717) is 11.4 Å². The molecule has 0 aliphatic rings. The molecule has 0 aliphatic carbocycles. The standard InChI is InChI=1S/C14H19NO5/c1-9(13(16)17)8-15(10(2)14(18)19)11-5-4-6-12(7-11)20-3/h4-7,9-10H,8H2,1-3H3,(H,16,17)(H,18,19). The fraction of sp³-hybridized carbons (Fsp3) is 0.429. The van der Waals surface area contributed by atoms with Crippen LogP contribution in [0.15, 0.2) is 24.3 Å². The van der Waals surface area contributed by atoms with Crippen LogP contribution in [0.4, 0.5) is 5.69 Å². The Labute approximate surface area is 117 Å². The number of hydrogen-bond acceptors (Lipinski definition) is 4. The maximum atomic E-state index is 11.2. The first-order valence-corrected chi connectivity index (χ1v) is 6.23. The van der Waals surface area contributed by atoms with Crippen LogP contribution in [0.5, 0.6) is 5.75 Å². The fourth-order valence-corrected chi connectivity index (χ4v) is 1.78. The van der Waals surface area contributed by atoms with E-state index >= 15 is 0 Å². The molecule has 0 aliphatic heterocycles. The smallest absolute Gasteiger partial charge is 0.326 e. The van der Waals surface area contributed by atoms with Gasteiger partial charge >= 0.3 is 11.9 Å². The van der Waals surface area contributed by atoms with Crippen LogP contribution in [0, 0.1) is 5.92 Å². The normalized spacial score (nSPS) is 13.3. The molecule has 6 heteroatoms. The summed E-state index contributed by atoms with van der Waals surface area (Å²) in [6.45, 7) is 3.18. The summed E-state index contributed by atoms with van der Waals surface area (Å²) >= 11 is 0. The molecule has 1 rings (SSSR count). The van der Waals surface area contributed by atoms with Crippen LogP contribution in [-0.4, -0.2) is 41.8 Å². The van der Waals surface area contributed by atoms with E-state index in [0.717, 1.165) is 0 Å². The Balaban J connectivity index is 3.08. The van der Waals surface area contributed by atoms with Gasteiger partial charge in [-0.05, 0) is 19.1 Å². The molecule has 2 unspecified atom stereocenters. The van der Waals surface area contributed by atoms with E-state index in [-0.39, 0.29) is 6.54 Å². The van der Waals surface area contributed by atoms with Crippen LogP contribution < -0.4 is 9.64 Å². The molecule has 0 aromatic heterocycles. The Hall–Kier alpha value is -2.24. The Morgan fingerprint density at radius 2 is 1.90 bits per heavy atom. The highest BCUT2D eigenvalue weighted by Gasteiger charge is 2.25. The van der Waals surface area contributed by atoms with Crippen molar-refractivity contribution in [2.75, 3.05) is 18.6 Å². The van der Waals surface area contributed by atoms with E-state index in [1.807, 2.05) is 0 Å². The number of hydrogen-bond donors (Lipinski definition) is 2. The summed E-state index contributed by atoms with van der Waals surface area (Å²) < 4.78 is 5.11. The van der Waals surface area contributed by atoms with Gasteiger partial charge < -0.3 is 19.8 Å². The number of ether oxygens (including phenoxy) is 1. The molecule has 0 amide bonds. The zero-order valence-corrected chi connectivity index (χ0v) is 11.7. The van der Waals surface area contributed by atoms with E-state index in [1.54, 1.807) is 36.1 Å². The summed E-state index contributed by atoms with van der Waals surface area (Å²) in [7, 11) is 1.52. The van der Waals surface area contributed by atoms with Crippen molar-refractivity contribution in [3.05, 3.63) is 24.3 Å². The van der Waals surface area contributed by atoms with Gasteiger partial charge in [-0.25, -0.2) is 4.79 Å². The van der Waals surface area contributed by atoms with Crippen LogP contribution in [0.2, 0.25) is 0 Å². The minimum absolute atomic E-state index is 0.107. The third kappa shape index (κ3) is 3.88. The van der Waals surface area contributed by atoms with E-state index in [4.69, 9.17) is 9.84 Å². The SMILES string of the molecule is COc1cccc(N(CC(C)C(=O)O)C(C)C(=O)O)c1. The number of anilines is 1. The van der Waals surface area contributed by atoms with Gasteiger partial charge in [0.25, 0.3) is 0 Å². The maximum Gasteiger partial charge on any atom is 0.326 e. The average Bonchev–Trinajstić information content (AvgIpc) is 2.43. The zero-order valence-electron chi connectivity index (χ0n) is 11.7. The molecule has 0 radical (unpaired) electrons. The molecule has 2 atom stereocenters. The van der Waals surface area contributed by atoms with E-state index in [1.165, 1.54) is 14.0 Å². The molecule has 0 bridgehead atoms.